The number of nitrogens with zero attached hydrogens (tertiary/aromatic N) is 2. The molecule has 0 spiro atoms. The van der Waals surface area contributed by atoms with Gasteiger partial charge in [-0.3, -0.25) is 14.4 Å². The molecule has 2 aliphatic rings. The van der Waals surface area contributed by atoms with Gasteiger partial charge in [0.25, 0.3) is 5.91 Å². The molecule has 4 rings (SSSR count). The maximum atomic E-state index is 13.1. The van der Waals surface area contributed by atoms with E-state index in [1.165, 1.54) is 12.7 Å². The van der Waals surface area contributed by atoms with Crippen molar-refractivity contribution in [2.75, 3.05) is 38.3 Å². The Morgan fingerprint density at radius 2 is 1.77 bits per heavy atom. The van der Waals surface area contributed by atoms with Crippen LogP contribution in [0.5, 0.6) is 5.75 Å². The van der Waals surface area contributed by atoms with E-state index in [0.29, 0.717) is 37.2 Å². The van der Waals surface area contributed by atoms with E-state index in [1.54, 1.807) is 24.3 Å². The molecular weight excluding hydrogens is 502 g/mol. The quantitative estimate of drug-likeness (QED) is 0.351. The summed E-state index contributed by atoms with van der Waals surface area (Å²) in [5, 5.41) is 11.6. The third-order valence-electron chi connectivity index (χ3n) is 7.17. The molecule has 10 nitrogen and oxygen atoms in total. The van der Waals surface area contributed by atoms with Gasteiger partial charge in [-0.1, -0.05) is 18.2 Å². The maximum Gasteiger partial charge on any atom is 0.330 e. The van der Waals surface area contributed by atoms with Crippen LogP contribution in [0.15, 0.2) is 48.5 Å². The van der Waals surface area contributed by atoms with Crippen molar-refractivity contribution in [3.8, 4) is 5.75 Å². The highest BCUT2D eigenvalue weighted by Crippen LogP contribution is 2.32. The van der Waals surface area contributed by atoms with Crippen molar-refractivity contribution in [2.24, 2.45) is 0 Å². The van der Waals surface area contributed by atoms with Crippen LogP contribution in [0, 0.1) is 0 Å². The van der Waals surface area contributed by atoms with Gasteiger partial charge < -0.3 is 29.7 Å². The molecule has 0 bridgehead atoms. The largest absolute Gasteiger partial charge is 0.494 e. The number of esters is 1. The molecule has 0 saturated carbocycles. The van der Waals surface area contributed by atoms with Gasteiger partial charge in [0.1, 0.15) is 5.75 Å². The van der Waals surface area contributed by atoms with E-state index < -0.39 is 18.6 Å². The third kappa shape index (κ3) is 6.94. The van der Waals surface area contributed by atoms with Gasteiger partial charge in [0, 0.05) is 43.2 Å². The summed E-state index contributed by atoms with van der Waals surface area (Å²) in [4.78, 5) is 53.0. The topological polar surface area (TPSA) is 125 Å². The Bertz CT molecular complexity index is 1180. The number of hydrogen-bond acceptors (Lipinski definition) is 7. The lowest BCUT2D eigenvalue weighted by atomic mass is 9.95. The molecule has 3 amide bonds. The van der Waals surface area contributed by atoms with E-state index >= 15 is 0 Å². The Morgan fingerprint density at radius 3 is 2.46 bits per heavy atom. The first-order valence-electron chi connectivity index (χ1n) is 13.3. The molecule has 0 radical (unpaired) electrons. The lowest BCUT2D eigenvalue weighted by Gasteiger charge is -2.41. The molecule has 0 unspecified atom stereocenters. The van der Waals surface area contributed by atoms with Crippen molar-refractivity contribution in [3.63, 3.8) is 0 Å². The fourth-order valence-corrected chi connectivity index (χ4v) is 5.07. The van der Waals surface area contributed by atoms with Crippen LogP contribution in [-0.4, -0.2) is 79.2 Å². The predicted molar refractivity (Wildman–Crippen MR) is 143 cm³/mol. The van der Waals surface area contributed by atoms with Crippen LogP contribution in [-0.2, 0) is 25.5 Å². The van der Waals surface area contributed by atoms with Gasteiger partial charge in [-0.25, -0.2) is 4.79 Å². The number of carbonyl (C=O) groups is 4. The first-order valence-corrected chi connectivity index (χ1v) is 13.3. The molecule has 2 N–H and O–H groups in total. The van der Waals surface area contributed by atoms with E-state index in [0.717, 1.165) is 24.9 Å². The van der Waals surface area contributed by atoms with Crippen LogP contribution >= 0.6 is 0 Å². The zero-order valence-corrected chi connectivity index (χ0v) is 22.1. The molecule has 208 valence electrons. The average molecular weight is 538 g/mol. The van der Waals surface area contributed by atoms with Gasteiger partial charge in [-0.2, -0.15) is 0 Å². The number of hydrogen-bond donors (Lipinski definition) is 2. The predicted octanol–water partition coefficient (Wildman–Crippen LogP) is 2.08. The standard InChI is InChI=1S/C29H35N3O7/c1-38-29(37)24(19-33)30-26(34)7-4-18-39-23-11-8-21(9-12-23)28(36)31-16-14-22(15-17-31)32-25-6-3-2-5-20(25)10-13-27(32)35/h2-3,5-6,8-9,11-12,22,24,33H,4,7,10,13-19H2,1H3,(H,30,34)/t24-/m0/s1. The van der Waals surface area contributed by atoms with Gasteiger partial charge in [-0.05, 0) is 61.6 Å². The minimum Gasteiger partial charge on any atom is -0.494 e. The number of aliphatic hydroxyl groups is 1. The van der Waals surface area contributed by atoms with Crippen molar-refractivity contribution < 1.29 is 33.8 Å². The van der Waals surface area contributed by atoms with Crippen LogP contribution in [0.25, 0.3) is 0 Å². The second-order valence-corrected chi connectivity index (χ2v) is 9.72. The number of methoxy groups -OCH3 is 1. The second kappa shape index (κ2) is 13.2. The minimum atomic E-state index is -1.08. The molecular formula is C29H35N3O7. The number of carbonyl (C=O) groups excluding carboxylic acids is 4. The van der Waals surface area contributed by atoms with Crippen molar-refractivity contribution in [3.05, 3.63) is 59.7 Å². The van der Waals surface area contributed by atoms with Gasteiger partial charge in [0.05, 0.1) is 20.3 Å². The summed E-state index contributed by atoms with van der Waals surface area (Å²) in [6.45, 7) is 0.908. The molecule has 0 aliphatic carbocycles. The Labute approximate surface area is 227 Å². The number of nitrogens with one attached hydrogen (secondary N) is 1. The normalized spacial score (nSPS) is 16.3. The minimum absolute atomic E-state index is 0.0499. The monoisotopic (exact) mass is 537 g/mol. The van der Waals surface area contributed by atoms with E-state index in [4.69, 9.17) is 9.84 Å². The number of fused-ring (bicyclic) bond motifs is 1. The summed E-state index contributed by atoms with van der Waals surface area (Å²) in [5.41, 5.74) is 2.78. The number of benzene rings is 2. The second-order valence-electron chi connectivity index (χ2n) is 9.72. The molecule has 2 aromatic rings. The molecule has 0 aromatic heterocycles. The lowest BCUT2D eigenvalue weighted by Crippen LogP contribution is -2.50. The molecule has 1 saturated heterocycles. The average Bonchev–Trinajstić information content (AvgIpc) is 2.97. The number of likely N-dealkylation sites (tertiary alicyclic amines) is 1. The smallest absolute Gasteiger partial charge is 0.330 e. The molecule has 2 aliphatic heterocycles. The van der Waals surface area contributed by atoms with Crippen LogP contribution < -0.4 is 15.0 Å². The molecule has 39 heavy (non-hydrogen) atoms. The number of piperidine rings is 1. The Hall–Kier alpha value is -3.92. The van der Waals surface area contributed by atoms with Crippen LogP contribution in [0.3, 0.4) is 0 Å². The number of anilines is 1. The SMILES string of the molecule is COC(=O)[C@H](CO)NC(=O)CCCOc1ccc(C(=O)N2CCC(N3C(=O)CCc4ccccc43)CC2)cc1. The molecule has 2 heterocycles. The molecule has 10 heteroatoms. The highest BCUT2D eigenvalue weighted by molar-refractivity contribution is 5.97. The highest BCUT2D eigenvalue weighted by Gasteiger charge is 2.33. The van der Waals surface area contributed by atoms with Crippen molar-refractivity contribution in [1.29, 1.82) is 0 Å². The number of ether oxygens (including phenoxy) is 2. The number of rotatable bonds is 10. The zero-order chi connectivity index (χ0) is 27.8. The summed E-state index contributed by atoms with van der Waals surface area (Å²) in [5.74, 6) is -0.405. The Morgan fingerprint density at radius 1 is 1.05 bits per heavy atom. The third-order valence-corrected chi connectivity index (χ3v) is 7.17. The first-order chi connectivity index (χ1) is 18.9. The highest BCUT2D eigenvalue weighted by atomic mass is 16.5. The number of para-hydroxylation sites is 1. The van der Waals surface area contributed by atoms with Crippen LogP contribution in [0.2, 0.25) is 0 Å². The summed E-state index contributed by atoms with van der Waals surface area (Å²) in [6, 6.07) is 14.0. The fourth-order valence-electron chi connectivity index (χ4n) is 5.07. The first kappa shape index (κ1) is 28.1. The van der Waals surface area contributed by atoms with Crippen molar-refractivity contribution >= 4 is 29.4 Å². The summed E-state index contributed by atoms with van der Waals surface area (Å²) in [7, 11) is 1.19. The number of aliphatic hydroxyl groups excluding tert-OH is 1. The number of amides is 3. The van der Waals surface area contributed by atoms with E-state index in [1.807, 2.05) is 28.0 Å². The van der Waals surface area contributed by atoms with E-state index in [-0.39, 0.29) is 36.8 Å². The molecule has 1 fully saturated rings. The Balaban J connectivity index is 1.22. The fraction of sp³-hybridized carbons (Fsp3) is 0.448. The Kier molecular flexibility index (Phi) is 9.54. The summed E-state index contributed by atoms with van der Waals surface area (Å²) < 4.78 is 10.2. The maximum absolute atomic E-state index is 13.1. The van der Waals surface area contributed by atoms with E-state index in [9.17, 15) is 19.2 Å². The van der Waals surface area contributed by atoms with Gasteiger partial charge >= 0.3 is 5.97 Å². The van der Waals surface area contributed by atoms with Crippen molar-refractivity contribution in [2.45, 2.75) is 50.6 Å². The summed E-state index contributed by atoms with van der Waals surface area (Å²) in [6.07, 6.45) is 3.30. The van der Waals surface area contributed by atoms with E-state index in [2.05, 4.69) is 16.1 Å². The van der Waals surface area contributed by atoms with Crippen LogP contribution in [0.4, 0.5) is 5.69 Å². The van der Waals surface area contributed by atoms with Crippen molar-refractivity contribution in [1.82, 2.24) is 10.2 Å². The van der Waals surface area contributed by atoms with Gasteiger partial charge in [-0.15, -0.1) is 0 Å². The summed E-state index contributed by atoms with van der Waals surface area (Å²) >= 11 is 0. The zero-order valence-electron chi connectivity index (χ0n) is 22.1. The molecule has 2 aromatic carbocycles. The van der Waals surface area contributed by atoms with Crippen LogP contribution in [0.1, 0.15) is 48.0 Å². The number of aryl methyl sites for hydroxylation is 1. The lowest BCUT2D eigenvalue weighted by molar-refractivity contribution is -0.146. The molecule has 1 atom stereocenters. The van der Waals surface area contributed by atoms with Gasteiger partial charge in [0.2, 0.25) is 11.8 Å². The van der Waals surface area contributed by atoms with Gasteiger partial charge in [0.15, 0.2) is 6.04 Å².